The van der Waals surface area contributed by atoms with Crippen LogP contribution in [0.3, 0.4) is 0 Å². The van der Waals surface area contributed by atoms with E-state index in [1.807, 2.05) is 41.3 Å². The molecule has 7 heteroatoms. The first-order valence-corrected chi connectivity index (χ1v) is 9.65. The van der Waals surface area contributed by atoms with Crippen LogP contribution < -0.4 is 5.32 Å². The van der Waals surface area contributed by atoms with E-state index < -0.39 is 5.97 Å². The molecule has 1 amide bonds. The van der Waals surface area contributed by atoms with Crippen molar-refractivity contribution in [2.45, 2.75) is 39.0 Å². The quantitative estimate of drug-likeness (QED) is 0.828. The predicted molar refractivity (Wildman–Crippen MR) is 108 cm³/mol. The second-order valence-corrected chi connectivity index (χ2v) is 8.35. The number of benzene rings is 1. The summed E-state index contributed by atoms with van der Waals surface area (Å²) in [5, 5.41) is 16.8. The molecule has 7 nitrogen and oxygen atoms in total. The molecular weight excluding hydrogens is 356 g/mol. The number of carbonyl (C=O) groups is 2. The predicted octanol–water partition coefficient (Wildman–Crippen LogP) is 2.90. The Morgan fingerprint density at radius 1 is 1.18 bits per heavy atom. The van der Waals surface area contributed by atoms with Gasteiger partial charge >= 0.3 is 5.97 Å². The minimum atomic E-state index is -0.745. The average molecular weight is 384 g/mol. The zero-order chi connectivity index (χ0) is 20.3. The summed E-state index contributed by atoms with van der Waals surface area (Å²) < 4.78 is 1.76. The first-order valence-electron chi connectivity index (χ1n) is 9.65. The van der Waals surface area contributed by atoms with E-state index in [1.54, 1.807) is 4.68 Å². The number of aliphatic carboxylic acids is 1. The summed E-state index contributed by atoms with van der Waals surface area (Å²) in [6, 6.07) is 11.6. The van der Waals surface area contributed by atoms with Crippen LogP contribution in [-0.4, -0.2) is 51.3 Å². The van der Waals surface area contributed by atoms with Crippen molar-refractivity contribution < 1.29 is 14.7 Å². The third-order valence-electron chi connectivity index (χ3n) is 5.05. The van der Waals surface area contributed by atoms with E-state index in [4.69, 9.17) is 10.2 Å². The van der Waals surface area contributed by atoms with E-state index in [2.05, 4.69) is 26.1 Å². The molecular formula is C21H28N4O3. The highest BCUT2D eigenvalue weighted by atomic mass is 16.4. The van der Waals surface area contributed by atoms with Gasteiger partial charge in [0.1, 0.15) is 5.82 Å². The molecule has 0 spiro atoms. The van der Waals surface area contributed by atoms with Crippen LogP contribution in [-0.2, 0) is 15.0 Å². The fraction of sp³-hybridized carbons (Fsp3) is 0.476. The van der Waals surface area contributed by atoms with Crippen molar-refractivity contribution in [2.75, 3.05) is 25.0 Å². The number of carboxylic acids is 1. The summed E-state index contributed by atoms with van der Waals surface area (Å²) in [5.41, 5.74) is 1.64. The van der Waals surface area contributed by atoms with E-state index in [9.17, 15) is 9.59 Å². The maximum atomic E-state index is 12.6. The largest absolute Gasteiger partial charge is 0.481 e. The van der Waals surface area contributed by atoms with Gasteiger partial charge in [0.25, 0.3) is 0 Å². The van der Waals surface area contributed by atoms with Crippen molar-refractivity contribution in [3.63, 3.8) is 0 Å². The van der Waals surface area contributed by atoms with Gasteiger partial charge in [-0.25, -0.2) is 4.68 Å². The second-order valence-electron chi connectivity index (χ2n) is 8.35. The van der Waals surface area contributed by atoms with Gasteiger partial charge in [-0.15, -0.1) is 0 Å². The number of anilines is 1. The van der Waals surface area contributed by atoms with E-state index in [-0.39, 0.29) is 23.8 Å². The normalized spacial score (nSPS) is 16.1. The van der Waals surface area contributed by atoms with Gasteiger partial charge in [0, 0.05) is 11.5 Å². The Kier molecular flexibility index (Phi) is 5.84. The number of rotatable bonds is 5. The monoisotopic (exact) mass is 384 g/mol. The molecule has 1 fully saturated rings. The van der Waals surface area contributed by atoms with Crippen LogP contribution >= 0.6 is 0 Å². The number of amides is 1. The van der Waals surface area contributed by atoms with Gasteiger partial charge < -0.3 is 10.4 Å². The van der Waals surface area contributed by atoms with Crippen molar-refractivity contribution in [3.8, 4) is 5.69 Å². The smallest absolute Gasteiger partial charge is 0.306 e. The molecule has 2 heterocycles. The van der Waals surface area contributed by atoms with E-state index in [0.717, 1.165) is 11.4 Å². The second kappa shape index (κ2) is 8.14. The number of carbonyl (C=O) groups excluding carboxylic acids is 1. The van der Waals surface area contributed by atoms with Gasteiger partial charge in [-0.3, -0.25) is 14.5 Å². The Balaban J connectivity index is 1.72. The highest BCUT2D eigenvalue weighted by Crippen LogP contribution is 2.26. The van der Waals surface area contributed by atoms with Crippen LogP contribution in [0.2, 0.25) is 0 Å². The number of para-hydroxylation sites is 1. The molecule has 2 aromatic rings. The zero-order valence-corrected chi connectivity index (χ0v) is 16.7. The van der Waals surface area contributed by atoms with E-state index in [1.165, 1.54) is 0 Å². The fourth-order valence-corrected chi connectivity index (χ4v) is 3.33. The molecule has 0 aliphatic carbocycles. The number of nitrogens with zero attached hydrogens (tertiary/aromatic N) is 3. The van der Waals surface area contributed by atoms with Crippen molar-refractivity contribution in [1.29, 1.82) is 0 Å². The van der Waals surface area contributed by atoms with Gasteiger partial charge in [0.15, 0.2) is 0 Å². The maximum absolute atomic E-state index is 12.6. The molecule has 0 radical (unpaired) electrons. The number of piperidine rings is 1. The topological polar surface area (TPSA) is 87.5 Å². The molecule has 0 saturated carbocycles. The van der Waals surface area contributed by atoms with Gasteiger partial charge in [-0.05, 0) is 38.1 Å². The number of likely N-dealkylation sites (tertiary alicyclic amines) is 1. The van der Waals surface area contributed by atoms with Gasteiger partial charge in [0.05, 0.1) is 23.8 Å². The first kappa shape index (κ1) is 20.1. The number of carboxylic acid groups (broad SMARTS) is 1. The number of hydrogen-bond acceptors (Lipinski definition) is 4. The Morgan fingerprint density at radius 2 is 1.82 bits per heavy atom. The SMILES string of the molecule is CC(C)(C)c1cc(NC(=O)CN2CCC(C(=O)O)CC2)n(-c2ccccc2)n1. The Bertz CT molecular complexity index is 831. The van der Waals surface area contributed by atoms with Crippen LogP contribution in [0.25, 0.3) is 5.69 Å². The molecule has 0 bridgehead atoms. The van der Waals surface area contributed by atoms with Crippen molar-refractivity contribution in [3.05, 3.63) is 42.1 Å². The first-order chi connectivity index (χ1) is 13.2. The lowest BCUT2D eigenvalue weighted by molar-refractivity contribution is -0.143. The Morgan fingerprint density at radius 3 is 2.39 bits per heavy atom. The molecule has 28 heavy (non-hydrogen) atoms. The van der Waals surface area contributed by atoms with E-state index in [0.29, 0.717) is 31.7 Å². The summed E-state index contributed by atoms with van der Waals surface area (Å²) in [6.07, 6.45) is 1.16. The summed E-state index contributed by atoms with van der Waals surface area (Å²) in [4.78, 5) is 25.7. The Hall–Kier alpha value is -2.67. The fourth-order valence-electron chi connectivity index (χ4n) is 3.33. The highest BCUT2D eigenvalue weighted by Gasteiger charge is 2.26. The summed E-state index contributed by atoms with van der Waals surface area (Å²) >= 11 is 0. The number of aromatic nitrogens is 2. The maximum Gasteiger partial charge on any atom is 0.306 e. The molecule has 1 aromatic carbocycles. The van der Waals surface area contributed by atoms with Gasteiger partial charge in [-0.1, -0.05) is 39.0 Å². The minimum Gasteiger partial charge on any atom is -0.481 e. The standard InChI is InChI=1S/C21H28N4O3/c1-21(2,3)17-13-18(25(23-17)16-7-5-4-6-8-16)22-19(26)14-24-11-9-15(10-12-24)20(27)28/h4-8,13,15H,9-12,14H2,1-3H3,(H,22,26)(H,27,28). The van der Waals surface area contributed by atoms with Crippen molar-refractivity contribution in [1.82, 2.24) is 14.7 Å². The highest BCUT2D eigenvalue weighted by molar-refractivity contribution is 5.91. The van der Waals surface area contributed by atoms with Crippen molar-refractivity contribution >= 4 is 17.7 Å². The van der Waals surface area contributed by atoms with Crippen LogP contribution in [0.15, 0.2) is 36.4 Å². The van der Waals surface area contributed by atoms with Crippen LogP contribution in [0.1, 0.15) is 39.3 Å². The van der Waals surface area contributed by atoms with Crippen molar-refractivity contribution in [2.24, 2.45) is 5.92 Å². The van der Waals surface area contributed by atoms with Gasteiger partial charge in [0.2, 0.25) is 5.91 Å². The molecule has 0 atom stereocenters. The molecule has 3 rings (SSSR count). The Labute approximate surface area is 165 Å². The van der Waals surface area contributed by atoms with Crippen LogP contribution in [0, 0.1) is 5.92 Å². The lowest BCUT2D eigenvalue weighted by Gasteiger charge is -2.29. The molecule has 1 aromatic heterocycles. The third-order valence-corrected chi connectivity index (χ3v) is 5.05. The molecule has 1 aliphatic rings. The molecule has 2 N–H and O–H groups in total. The summed E-state index contributed by atoms with van der Waals surface area (Å²) in [5.74, 6) is -0.522. The lowest BCUT2D eigenvalue weighted by Crippen LogP contribution is -2.40. The molecule has 0 unspecified atom stereocenters. The van der Waals surface area contributed by atoms with Crippen LogP contribution in [0.4, 0.5) is 5.82 Å². The molecule has 1 aliphatic heterocycles. The van der Waals surface area contributed by atoms with Crippen LogP contribution in [0.5, 0.6) is 0 Å². The number of hydrogen-bond donors (Lipinski definition) is 2. The zero-order valence-electron chi connectivity index (χ0n) is 16.7. The number of nitrogens with one attached hydrogen (secondary N) is 1. The summed E-state index contributed by atoms with van der Waals surface area (Å²) in [7, 11) is 0. The lowest BCUT2D eigenvalue weighted by atomic mass is 9.92. The molecule has 150 valence electrons. The third kappa shape index (κ3) is 4.78. The average Bonchev–Trinajstić information content (AvgIpc) is 3.07. The minimum absolute atomic E-state index is 0.119. The van der Waals surface area contributed by atoms with Gasteiger partial charge in [-0.2, -0.15) is 5.10 Å². The summed E-state index contributed by atoms with van der Waals surface area (Å²) in [6.45, 7) is 7.75. The molecule has 1 saturated heterocycles. The van der Waals surface area contributed by atoms with E-state index >= 15 is 0 Å².